The van der Waals surface area contributed by atoms with Crippen molar-refractivity contribution in [3.63, 3.8) is 0 Å². The van der Waals surface area contributed by atoms with E-state index in [-0.39, 0.29) is 30.2 Å². The molecule has 0 saturated carbocycles. The smallest absolute Gasteiger partial charge is 0.352 e. The Labute approximate surface area is 285 Å². The summed E-state index contributed by atoms with van der Waals surface area (Å²) in [6.07, 6.45) is -8.31. The third-order valence-corrected chi connectivity index (χ3v) is 8.17. The van der Waals surface area contributed by atoms with E-state index in [1.807, 2.05) is 9.97 Å². The van der Waals surface area contributed by atoms with Crippen molar-refractivity contribution in [3.8, 4) is 0 Å². The molecule has 0 aliphatic rings. The number of nitrogens with zero attached hydrogens (tertiary/aromatic N) is 3. The van der Waals surface area contributed by atoms with Crippen LogP contribution >= 0.6 is 0 Å². The lowest BCUT2D eigenvalue weighted by Gasteiger charge is -2.20. The molecule has 26 heteroatoms. The third-order valence-electron chi connectivity index (χ3n) is 6.60. The molecule has 2 aromatic heterocycles. The number of aromatic amines is 2. The number of nitrogens with one attached hydrogen (secondary N) is 4. The zero-order valence-electron chi connectivity index (χ0n) is 26.8. The Morgan fingerprint density at radius 3 is 1.67 bits per heavy atom. The Bertz CT molecular complexity index is 2580. The minimum atomic E-state index is -4.87. The van der Waals surface area contributed by atoms with E-state index in [0.717, 1.165) is 26.0 Å². The van der Waals surface area contributed by atoms with Gasteiger partial charge < -0.3 is 21.0 Å². The molecule has 0 saturated heterocycles. The fourth-order valence-electron chi connectivity index (χ4n) is 4.61. The number of aromatic nitrogens is 4. The van der Waals surface area contributed by atoms with Gasteiger partial charge in [0.2, 0.25) is 15.9 Å². The first kappa shape index (κ1) is 40.9. The van der Waals surface area contributed by atoms with E-state index < -0.39 is 107 Å². The summed E-state index contributed by atoms with van der Waals surface area (Å²) in [5.74, 6) is -1.82. The van der Waals surface area contributed by atoms with Gasteiger partial charge in [-0.1, -0.05) is 0 Å². The third kappa shape index (κ3) is 9.04. The van der Waals surface area contributed by atoms with Crippen LogP contribution in [-0.4, -0.2) is 60.5 Å². The predicted octanol–water partition coefficient (Wildman–Crippen LogP) is -0.541. The van der Waals surface area contributed by atoms with E-state index in [1.54, 1.807) is 4.83 Å². The van der Waals surface area contributed by atoms with Crippen LogP contribution in [0, 0.1) is 0 Å². The highest BCUT2D eigenvalue weighted by Gasteiger charge is 2.35. The number of amides is 2. The van der Waals surface area contributed by atoms with Crippen LogP contribution in [0.5, 0.6) is 0 Å². The summed E-state index contributed by atoms with van der Waals surface area (Å²) in [5.41, 5.74) is -3.88. The van der Waals surface area contributed by atoms with E-state index >= 15 is 0 Å². The van der Waals surface area contributed by atoms with Crippen LogP contribution in [0.15, 0.2) is 43.4 Å². The summed E-state index contributed by atoms with van der Waals surface area (Å²) in [5, 5.41) is 1.37. The molecule has 2 aromatic carbocycles. The molecule has 0 aliphatic heterocycles. The topological polar surface area (TPSA) is 265 Å². The highest BCUT2D eigenvalue weighted by atomic mass is 32.2. The van der Waals surface area contributed by atoms with Gasteiger partial charge in [-0.05, 0) is 35.4 Å². The summed E-state index contributed by atoms with van der Waals surface area (Å²) >= 11 is 0. The Balaban J connectivity index is 0.000000288. The van der Waals surface area contributed by atoms with Gasteiger partial charge >= 0.3 is 23.7 Å². The Morgan fingerprint density at radius 1 is 0.788 bits per heavy atom. The summed E-state index contributed by atoms with van der Waals surface area (Å²) in [6, 6.07) is 2.73. The minimum absolute atomic E-state index is 0.0184. The molecule has 18 nitrogen and oxygen atoms in total. The van der Waals surface area contributed by atoms with Gasteiger partial charge in [0.05, 0.1) is 45.4 Å². The number of rotatable bonds is 7. The molecule has 6 N–H and O–H groups in total. The van der Waals surface area contributed by atoms with E-state index in [4.69, 9.17) is 5.73 Å². The van der Waals surface area contributed by atoms with Crippen LogP contribution in [0.25, 0.3) is 21.8 Å². The maximum Gasteiger partial charge on any atom is 0.416 e. The lowest BCUT2D eigenvalue weighted by Crippen LogP contribution is -2.55. The van der Waals surface area contributed by atoms with Crippen molar-refractivity contribution >= 4 is 53.7 Å². The van der Waals surface area contributed by atoms with Crippen molar-refractivity contribution in [2.24, 2.45) is 5.73 Å². The number of nitrogens with two attached hydrogens (primary N) is 1. The Kier molecular flexibility index (Phi) is 11.2. The number of carbonyl (C=O) groups is 2. The van der Waals surface area contributed by atoms with Crippen LogP contribution in [-0.2, 0) is 55.1 Å². The highest BCUT2D eigenvalue weighted by molar-refractivity contribution is 7.92. The van der Waals surface area contributed by atoms with Crippen LogP contribution < -0.4 is 42.8 Å². The second-order valence-corrected chi connectivity index (χ2v) is 14.3. The van der Waals surface area contributed by atoms with Crippen molar-refractivity contribution in [3.05, 3.63) is 88.2 Å². The number of hydrogen-bond donors (Lipinski definition) is 5. The van der Waals surface area contributed by atoms with Gasteiger partial charge in [-0.2, -0.15) is 31.0 Å². The number of sulfonamides is 2. The van der Waals surface area contributed by atoms with Crippen LogP contribution in [0.2, 0.25) is 0 Å². The number of carbonyl (C=O) groups excluding carboxylic acids is 2. The number of benzene rings is 2. The fourth-order valence-corrected chi connectivity index (χ4v) is 6.02. The summed E-state index contributed by atoms with van der Waals surface area (Å²) in [6.45, 7) is 0.783. The molecular weight excluding hydrogens is 762 g/mol. The predicted molar refractivity (Wildman–Crippen MR) is 171 cm³/mol. The molecule has 2 amide bonds. The molecular formula is C26H26F6N8O10S2. The maximum absolute atomic E-state index is 13.4. The Morgan fingerprint density at radius 2 is 1.25 bits per heavy atom. The number of alkyl halides is 6. The van der Waals surface area contributed by atoms with Gasteiger partial charge in [0.25, 0.3) is 27.0 Å². The largest absolute Gasteiger partial charge is 0.416 e. The number of fused-ring (bicyclic) bond motifs is 2. The van der Waals surface area contributed by atoms with Gasteiger partial charge in [0, 0.05) is 26.9 Å². The summed E-state index contributed by atoms with van der Waals surface area (Å²) in [7, 11) is -8.35. The maximum atomic E-state index is 13.4. The zero-order chi connectivity index (χ0) is 39.9. The molecule has 4 aromatic rings. The van der Waals surface area contributed by atoms with Gasteiger partial charge in [0.1, 0.15) is 0 Å². The normalized spacial score (nSPS) is 12.3. The molecule has 0 fully saturated rings. The highest BCUT2D eigenvalue weighted by Crippen LogP contribution is 2.34. The second kappa shape index (κ2) is 14.3. The van der Waals surface area contributed by atoms with E-state index in [9.17, 15) is 71.9 Å². The molecule has 284 valence electrons. The molecule has 0 aliphatic carbocycles. The first-order valence-electron chi connectivity index (χ1n) is 13.8. The van der Waals surface area contributed by atoms with Gasteiger partial charge in [-0.15, -0.1) is 9.09 Å². The van der Waals surface area contributed by atoms with Crippen molar-refractivity contribution < 1.29 is 52.8 Å². The summed E-state index contributed by atoms with van der Waals surface area (Å²) in [4.78, 5) is 77.2. The average Bonchev–Trinajstić information content (AvgIpc) is 2.97. The first-order chi connectivity index (χ1) is 23.6. The number of halogens is 6. The fraction of sp³-hybridized carbons (Fsp3) is 0.308. The van der Waals surface area contributed by atoms with Crippen LogP contribution in [0.3, 0.4) is 0 Å². The van der Waals surface area contributed by atoms with Crippen molar-refractivity contribution in [2.75, 3.05) is 21.8 Å². The Hall–Kier alpha value is -5.50. The van der Waals surface area contributed by atoms with Gasteiger partial charge in [0.15, 0.2) is 0 Å². The SMILES string of the molecule is CC(=O)NCc1cc2c(=O)n(N(C(C)=O)S(C)(=O)=O)c(=O)[nH]c2cc1C(F)(F)F.CS(=O)(=O)Nn1c(=O)[nH]c2cc(C(F)(F)F)c(CN)cc2c1=O. The molecule has 0 radical (unpaired) electrons. The van der Waals surface area contributed by atoms with Crippen LogP contribution in [0.1, 0.15) is 36.1 Å². The van der Waals surface area contributed by atoms with Crippen LogP contribution in [0.4, 0.5) is 26.3 Å². The van der Waals surface area contributed by atoms with E-state index in [2.05, 4.69) is 5.32 Å². The number of hydrogen-bond acceptors (Lipinski definition) is 11. The summed E-state index contributed by atoms with van der Waals surface area (Å²) < 4.78 is 125. The minimum Gasteiger partial charge on any atom is -0.352 e. The first-order valence-corrected chi connectivity index (χ1v) is 17.5. The van der Waals surface area contributed by atoms with Gasteiger partial charge in [-0.3, -0.25) is 19.2 Å². The van der Waals surface area contributed by atoms with E-state index in [1.165, 1.54) is 0 Å². The zero-order valence-corrected chi connectivity index (χ0v) is 28.4. The molecule has 2 heterocycles. The lowest BCUT2D eigenvalue weighted by atomic mass is 10.0. The molecule has 0 atom stereocenters. The lowest BCUT2D eigenvalue weighted by molar-refractivity contribution is -0.139. The number of H-pyrrole nitrogens is 2. The second-order valence-electron chi connectivity index (χ2n) is 10.7. The van der Waals surface area contributed by atoms with Crippen molar-refractivity contribution in [1.82, 2.24) is 24.6 Å². The molecule has 0 spiro atoms. The average molecular weight is 789 g/mol. The van der Waals surface area contributed by atoms with Crippen molar-refractivity contribution in [2.45, 2.75) is 39.3 Å². The molecule has 0 unspecified atom stereocenters. The molecule has 52 heavy (non-hydrogen) atoms. The standard InChI is InChI=1S/C15H15F3N4O6S.C11H11F3N4O4S/c1-7(23)19-6-9-4-10-12(5-11(9)15(16,17)18)20-14(26)21(13(10)25)22(8(2)24)29(3,27)28;1-23(21,22)17-18-9(19)6-2-5(4-15)7(11(12,13)14)3-8(6)16-10(18)20/h4-5H,6H2,1-3H3,(H,19,23)(H,20,26);2-3,17H,4,15H2,1H3,(H,16,20). The van der Waals surface area contributed by atoms with E-state index in [0.29, 0.717) is 24.6 Å². The molecule has 0 bridgehead atoms. The molecule has 4 rings (SSSR count). The van der Waals surface area contributed by atoms with Gasteiger partial charge in [-0.25, -0.2) is 31.3 Å². The monoisotopic (exact) mass is 788 g/mol. The van der Waals surface area contributed by atoms with Crippen molar-refractivity contribution in [1.29, 1.82) is 0 Å². The quantitative estimate of drug-likeness (QED) is 0.149.